The molecular weight excluding hydrogens is 168 g/mol. The molecule has 0 aliphatic rings. The first-order valence-electron chi connectivity index (χ1n) is 4.08. The van der Waals surface area contributed by atoms with Gasteiger partial charge in [0.05, 0.1) is 26.9 Å². The number of ether oxygens (including phenoxy) is 3. The second kappa shape index (κ2) is 4.60. The molecule has 0 N–H and O–H groups in total. The van der Waals surface area contributed by atoms with Gasteiger partial charge in [0.25, 0.3) is 0 Å². The minimum Gasteiger partial charge on any atom is -0.496 e. The molecule has 3 nitrogen and oxygen atoms in total. The summed E-state index contributed by atoms with van der Waals surface area (Å²) in [5.74, 6) is 1.96. The molecule has 0 unspecified atom stereocenters. The van der Waals surface area contributed by atoms with E-state index in [1.165, 1.54) is 0 Å². The van der Waals surface area contributed by atoms with Crippen LogP contribution in [0.5, 0.6) is 17.2 Å². The number of benzene rings is 1. The highest BCUT2D eigenvalue weighted by atomic mass is 16.5. The highest BCUT2D eigenvalue weighted by Crippen LogP contribution is 2.26. The molecular formula is C10H13O3. The number of methoxy groups -OCH3 is 2. The second-order valence-electron chi connectivity index (χ2n) is 2.39. The highest BCUT2D eigenvalue weighted by molar-refractivity contribution is 5.40. The van der Waals surface area contributed by atoms with E-state index in [0.29, 0.717) is 23.9 Å². The lowest BCUT2D eigenvalue weighted by atomic mass is 10.3. The van der Waals surface area contributed by atoms with Gasteiger partial charge in [-0.15, -0.1) is 0 Å². The van der Waals surface area contributed by atoms with E-state index in [0.717, 1.165) is 0 Å². The summed E-state index contributed by atoms with van der Waals surface area (Å²) in [6, 6.07) is 6.47. The molecule has 0 atom stereocenters. The maximum atomic E-state index is 5.28. The average molecular weight is 181 g/mol. The van der Waals surface area contributed by atoms with Crippen LogP contribution in [-0.4, -0.2) is 20.8 Å². The largest absolute Gasteiger partial charge is 0.496 e. The van der Waals surface area contributed by atoms with E-state index >= 15 is 0 Å². The predicted octanol–water partition coefficient (Wildman–Crippen LogP) is 1.90. The Bertz CT molecular complexity index is 249. The molecule has 1 radical (unpaired) electrons. The summed E-state index contributed by atoms with van der Waals surface area (Å²) in [4.78, 5) is 0. The molecule has 1 aromatic carbocycles. The van der Waals surface area contributed by atoms with Crippen molar-refractivity contribution in [2.45, 2.75) is 6.92 Å². The molecule has 3 heteroatoms. The summed E-state index contributed by atoms with van der Waals surface area (Å²) in [5, 5.41) is 0. The smallest absolute Gasteiger partial charge is 0.134 e. The zero-order valence-corrected chi connectivity index (χ0v) is 8.09. The number of hydrogen-bond acceptors (Lipinski definition) is 3. The van der Waals surface area contributed by atoms with Crippen molar-refractivity contribution in [3.05, 3.63) is 18.2 Å². The van der Waals surface area contributed by atoms with Crippen LogP contribution in [0.4, 0.5) is 0 Å². The Kier molecular flexibility index (Phi) is 3.43. The van der Waals surface area contributed by atoms with Crippen LogP contribution in [0.3, 0.4) is 0 Å². The summed E-state index contributed by atoms with van der Waals surface area (Å²) in [6.45, 7) is 2.52. The quantitative estimate of drug-likeness (QED) is 0.710. The topological polar surface area (TPSA) is 27.7 Å². The van der Waals surface area contributed by atoms with Gasteiger partial charge in [0.2, 0.25) is 0 Å². The first-order valence-corrected chi connectivity index (χ1v) is 4.08. The predicted molar refractivity (Wildman–Crippen MR) is 49.6 cm³/mol. The highest BCUT2D eigenvalue weighted by Gasteiger charge is 2.02. The Balaban J connectivity index is 2.93. The lowest BCUT2D eigenvalue weighted by molar-refractivity contribution is 0.329. The van der Waals surface area contributed by atoms with Crippen molar-refractivity contribution < 1.29 is 14.2 Å². The van der Waals surface area contributed by atoms with Gasteiger partial charge >= 0.3 is 0 Å². The zero-order chi connectivity index (χ0) is 9.68. The monoisotopic (exact) mass is 181 g/mol. The van der Waals surface area contributed by atoms with Crippen molar-refractivity contribution in [3.63, 3.8) is 0 Å². The first-order chi connectivity index (χ1) is 6.30. The summed E-state index contributed by atoms with van der Waals surface area (Å²) in [5.41, 5.74) is 0. The molecule has 0 saturated carbocycles. The fourth-order valence-electron chi connectivity index (χ4n) is 0.955. The van der Waals surface area contributed by atoms with Crippen molar-refractivity contribution in [1.82, 2.24) is 0 Å². The molecule has 0 fully saturated rings. The van der Waals surface area contributed by atoms with Crippen LogP contribution < -0.4 is 14.2 Å². The Morgan fingerprint density at radius 2 is 1.85 bits per heavy atom. The maximum absolute atomic E-state index is 5.28. The normalized spacial score (nSPS) is 9.46. The van der Waals surface area contributed by atoms with Crippen LogP contribution in [0.2, 0.25) is 0 Å². The molecule has 0 bridgehead atoms. The Morgan fingerprint density at radius 1 is 1.15 bits per heavy atom. The molecule has 0 amide bonds. The van der Waals surface area contributed by atoms with Gasteiger partial charge < -0.3 is 14.2 Å². The third kappa shape index (κ3) is 2.54. The third-order valence-corrected chi connectivity index (χ3v) is 1.55. The molecule has 1 aromatic rings. The van der Waals surface area contributed by atoms with Gasteiger partial charge in [0.1, 0.15) is 17.2 Å². The van der Waals surface area contributed by atoms with Crippen LogP contribution in [0.1, 0.15) is 6.92 Å². The zero-order valence-electron chi connectivity index (χ0n) is 8.09. The SMILES string of the molecule is CCOc1[c]c(OC)cc(OC)c1. The number of rotatable bonds is 4. The van der Waals surface area contributed by atoms with Crippen LogP contribution in [-0.2, 0) is 0 Å². The van der Waals surface area contributed by atoms with E-state index in [2.05, 4.69) is 6.07 Å². The Morgan fingerprint density at radius 3 is 2.38 bits per heavy atom. The van der Waals surface area contributed by atoms with Crippen LogP contribution in [0, 0.1) is 6.07 Å². The summed E-state index contributed by atoms with van der Waals surface area (Å²) >= 11 is 0. The molecule has 0 aliphatic heterocycles. The van der Waals surface area contributed by atoms with Crippen molar-refractivity contribution in [1.29, 1.82) is 0 Å². The summed E-state index contributed by atoms with van der Waals surface area (Å²) < 4.78 is 15.4. The van der Waals surface area contributed by atoms with Gasteiger partial charge in [0.15, 0.2) is 0 Å². The van der Waals surface area contributed by atoms with Crippen LogP contribution in [0.25, 0.3) is 0 Å². The fraction of sp³-hybridized carbons (Fsp3) is 0.400. The standard InChI is InChI=1S/C10H13O3/c1-4-13-10-6-8(11-2)5-9(7-10)12-3/h5-6H,4H2,1-3H3. The molecule has 71 valence electrons. The number of hydrogen-bond donors (Lipinski definition) is 0. The lowest BCUT2D eigenvalue weighted by Gasteiger charge is -2.07. The molecule has 13 heavy (non-hydrogen) atoms. The fourth-order valence-corrected chi connectivity index (χ4v) is 0.955. The van der Waals surface area contributed by atoms with Gasteiger partial charge in [-0.1, -0.05) is 0 Å². The van der Waals surface area contributed by atoms with Gasteiger partial charge in [-0.2, -0.15) is 0 Å². The van der Waals surface area contributed by atoms with Gasteiger partial charge in [-0.25, -0.2) is 0 Å². The second-order valence-corrected chi connectivity index (χ2v) is 2.39. The van der Waals surface area contributed by atoms with E-state index in [1.54, 1.807) is 26.4 Å². The minimum atomic E-state index is 0.604. The van der Waals surface area contributed by atoms with E-state index in [1.807, 2.05) is 6.92 Å². The van der Waals surface area contributed by atoms with Crippen LogP contribution >= 0.6 is 0 Å². The van der Waals surface area contributed by atoms with E-state index in [9.17, 15) is 0 Å². The molecule has 0 saturated heterocycles. The molecule has 1 rings (SSSR count). The van der Waals surface area contributed by atoms with Crippen molar-refractivity contribution in [3.8, 4) is 17.2 Å². The molecule has 0 spiro atoms. The molecule has 0 aliphatic carbocycles. The first kappa shape index (κ1) is 9.71. The van der Waals surface area contributed by atoms with E-state index < -0.39 is 0 Å². The van der Waals surface area contributed by atoms with E-state index in [4.69, 9.17) is 14.2 Å². The van der Waals surface area contributed by atoms with Crippen LogP contribution in [0.15, 0.2) is 12.1 Å². The summed E-state index contributed by atoms with van der Waals surface area (Å²) in [6.07, 6.45) is 0. The van der Waals surface area contributed by atoms with Gasteiger partial charge in [-0.05, 0) is 6.92 Å². The summed E-state index contributed by atoms with van der Waals surface area (Å²) in [7, 11) is 3.19. The molecule has 0 heterocycles. The minimum absolute atomic E-state index is 0.604. The Hall–Kier alpha value is -1.38. The van der Waals surface area contributed by atoms with Crippen molar-refractivity contribution >= 4 is 0 Å². The van der Waals surface area contributed by atoms with Crippen molar-refractivity contribution in [2.24, 2.45) is 0 Å². The average Bonchev–Trinajstić information content (AvgIpc) is 2.17. The van der Waals surface area contributed by atoms with Crippen molar-refractivity contribution in [2.75, 3.05) is 20.8 Å². The molecule has 0 aromatic heterocycles. The van der Waals surface area contributed by atoms with Gasteiger partial charge in [-0.3, -0.25) is 0 Å². The Labute approximate surface area is 78.2 Å². The lowest BCUT2D eigenvalue weighted by Crippen LogP contribution is -1.94. The third-order valence-electron chi connectivity index (χ3n) is 1.55. The van der Waals surface area contributed by atoms with E-state index in [-0.39, 0.29) is 0 Å². The van der Waals surface area contributed by atoms with Gasteiger partial charge in [0, 0.05) is 12.1 Å². The maximum Gasteiger partial charge on any atom is 0.134 e.